The molecule has 3 heteroatoms. The normalized spacial score (nSPS) is 21.6. The highest BCUT2D eigenvalue weighted by atomic mass is 16.2. The summed E-state index contributed by atoms with van der Waals surface area (Å²) in [6, 6.07) is 0.0314. The monoisotopic (exact) mass is 223 g/mol. The second kappa shape index (κ2) is 6.12. The van der Waals surface area contributed by atoms with Gasteiger partial charge in [0, 0.05) is 19.6 Å². The van der Waals surface area contributed by atoms with Crippen LogP contribution in [0.4, 0.5) is 4.79 Å². The van der Waals surface area contributed by atoms with Crippen molar-refractivity contribution < 1.29 is 4.79 Å². The second-order valence-electron chi connectivity index (χ2n) is 5.15. The molecule has 0 spiro atoms. The van der Waals surface area contributed by atoms with Crippen LogP contribution in [0.15, 0.2) is 0 Å². The van der Waals surface area contributed by atoms with E-state index in [4.69, 9.17) is 0 Å². The van der Waals surface area contributed by atoms with Crippen molar-refractivity contribution >= 4 is 6.03 Å². The summed E-state index contributed by atoms with van der Waals surface area (Å²) in [6.45, 7) is 2.59. The van der Waals surface area contributed by atoms with Crippen molar-refractivity contribution in [3.63, 3.8) is 0 Å². The molecule has 0 aromatic carbocycles. The van der Waals surface area contributed by atoms with Crippen LogP contribution in [0.1, 0.15) is 51.4 Å². The fourth-order valence-electron chi connectivity index (χ4n) is 2.86. The lowest BCUT2D eigenvalue weighted by molar-refractivity contribution is 0.207. The molecule has 0 bridgehead atoms. The Kier molecular flexibility index (Phi) is 4.49. The zero-order valence-corrected chi connectivity index (χ0v) is 10.2. The van der Waals surface area contributed by atoms with Gasteiger partial charge in [0.15, 0.2) is 0 Å². The standard InChI is InChI=1S/C13H23N2O/c16-13(15-10-3-4-11-15)14-9-5-8-12-6-1-2-7-12/h12H,1-11H2. The molecular formula is C13H23N2O. The van der Waals surface area contributed by atoms with Gasteiger partial charge in [-0.15, -0.1) is 0 Å². The number of hydrogen-bond acceptors (Lipinski definition) is 1. The Labute approximate surface area is 98.6 Å². The van der Waals surface area contributed by atoms with Gasteiger partial charge in [-0.25, -0.2) is 10.1 Å². The van der Waals surface area contributed by atoms with E-state index in [1.54, 1.807) is 0 Å². The maximum absolute atomic E-state index is 11.6. The van der Waals surface area contributed by atoms with Gasteiger partial charge in [0.1, 0.15) is 0 Å². The third kappa shape index (κ3) is 3.39. The Hall–Kier alpha value is -0.730. The van der Waals surface area contributed by atoms with Gasteiger partial charge in [0.25, 0.3) is 0 Å². The highest BCUT2D eigenvalue weighted by molar-refractivity contribution is 5.74. The molecule has 1 heterocycles. The van der Waals surface area contributed by atoms with Crippen LogP contribution in [0.3, 0.4) is 0 Å². The second-order valence-corrected chi connectivity index (χ2v) is 5.15. The van der Waals surface area contributed by atoms with E-state index in [1.165, 1.54) is 32.1 Å². The van der Waals surface area contributed by atoms with E-state index in [2.05, 4.69) is 5.32 Å². The van der Waals surface area contributed by atoms with Gasteiger partial charge in [-0.3, -0.25) is 0 Å². The predicted molar refractivity (Wildman–Crippen MR) is 64.4 cm³/mol. The van der Waals surface area contributed by atoms with Crippen LogP contribution in [0.2, 0.25) is 0 Å². The van der Waals surface area contributed by atoms with E-state index in [0.29, 0.717) is 0 Å². The van der Waals surface area contributed by atoms with Gasteiger partial charge < -0.3 is 4.90 Å². The highest BCUT2D eigenvalue weighted by Crippen LogP contribution is 2.28. The Bertz CT molecular complexity index is 218. The van der Waals surface area contributed by atoms with E-state index in [1.807, 2.05) is 4.90 Å². The molecule has 2 fully saturated rings. The molecule has 0 aromatic rings. The molecule has 16 heavy (non-hydrogen) atoms. The van der Waals surface area contributed by atoms with Gasteiger partial charge in [-0.1, -0.05) is 25.7 Å². The predicted octanol–water partition coefficient (Wildman–Crippen LogP) is 2.78. The number of rotatable bonds is 4. The van der Waals surface area contributed by atoms with Crippen LogP contribution in [0.5, 0.6) is 0 Å². The summed E-state index contributed by atoms with van der Waals surface area (Å²) in [6.07, 6.45) is 10.3. The van der Waals surface area contributed by atoms with Gasteiger partial charge in [-0.2, -0.15) is 0 Å². The zero-order chi connectivity index (χ0) is 11.2. The fourth-order valence-corrected chi connectivity index (χ4v) is 2.86. The number of carbonyl (C=O) groups is 1. The molecule has 2 aliphatic rings. The Balaban J connectivity index is 1.51. The highest BCUT2D eigenvalue weighted by Gasteiger charge is 2.19. The maximum Gasteiger partial charge on any atom is 0.338 e. The van der Waals surface area contributed by atoms with Crippen molar-refractivity contribution in [2.24, 2.45) is 5.92 Å². The van der Waals surface area contributed by atoms with E-state index >= 15 is 0 Å². The minimum absolute atomic E-state index is 0.0314. The summed E-state index contributed by atoms with van der Waals surface area (Å²) in [5, 5.41) is 4.15. The van der Waals surface area contributed by atoms with E-state index < -0.39 is 0 Å². The summed E-state index contributed by atoms with van der Waals surface area (Å²) in [5.41, 5.74) is 0. The minimum atomic E-state index is 0.0314. The Morgan fingerprint density at radius 1 is 1.12 bits per heavy atom. The van der Waals surface area contributed by atoms with Gasteiger partial charge in [0.2, 0.25) is 0 Å². The lowest BCUT2D eigenvalue weighted by atomic mass is 10.0. The minimum Gasteiger partial charge on any atom is -0.323 e. The van der Waals surface area contributed by atoms with Crippen molar-refractivity contribution in [1.29, 1.82) is 0 Å². The van der Waals surface area contributed by atoms with Gasteiger partial charge in [-0.05, 0) is 31.6 Å². The molecule has 0 atom stereocenters. The van der Waals surface area contributed by atoms with Crippen molar-refractivity contribution in [2.75, 3.05) is 19.6 Å². The first-order valence-corrected chi connectivity index (χ1v) is 6.82. The van der Waals surface area contributed by atoms with Crippen molar-refractivity contribution in [1.82, 2.24) is 10.2 Å². The summed E-state index contributed by atoms with van der Waals surface area (Å²) >= 11 is 0. The molecule has 2 amide bonds. The zero-order valence-electron chi connectivity index (χ0n) is 10.2. The van der Waals surface area contributed by atoms with E-state index in [-0.39, 0.29) is 6.03 Å². The first-order valence-electron chi connectivity index (χ1n) is 6.82. The maximum atomic E-state index is 11.6. The topological polar surface area (TPSA) is 34.4 Å². The quantitative estimate of drug-likeness (QED) is 0.675. The first kappa shape index (κ1) is 11.7. The first-order chi connectivity index (χ1) is 7.86. The largest absolute Gasteiger partial charge is 0.338 e. The molecule has 1 saturated heterocycles. The number of carbonyl (C=O) groups excluding carboxylic acids is 1. The summed E-state index contributed by atoms with van der Waals surface area (Å²) in [7, 11) is 0. The van der Waals surface area contributed by atoms with Crippen molar-refractivity contribution in [3.05, 3.63) is 0 Å². The summed E-state index contributed by atoms with van der Waals surface area (Å²) in [5.74, 6) is 0.928. The van der Waals surface area contributed by atoms with Crippen LogP contribution in [-0.4, -0.2) is 30.6 Å². The average molecular weight is 223 g/mol. The molecule has 0 N–H and O–H groups in total. The van der Waals surface area contributed by atoms with Crippen LogP contribution in [0, 0.1) is 5.92 Å². The van der Waals surface area contributed by atoms with Crippen molar-refractivity contribution in [2.45, 2.75) is 51.4 Å². The Morgan fingerprint density at radius 3 is 2.50 bits per heavy atom. The number of nitrogens with zero attached hydrogens (tertiary/aromatic N) is 2. The molecule has 1 saturated carbocycles. The molecule has 1 aliphatic carbocycles. The molecule has 0 aromatic heterocycles. The SMILES string of the molecule is O=C([N]CCCC1CCCC1)N1CCCC1. The van der Waals surface area contributed by atoms with Gasteiger partial charge >= 0.3 is 6.03 Å². The van der Waals surface area contributed by atoms with Crippen LogP contribution in [0.25, 0.3) is 0 Å². The number of hydrogen-bond donors (Lipinski definition) is 0. The lowest BCUT2D eigenvalue weighted by Crippen LogP contribution is -2.34. The molecule has 3 nitrogen and oxygen atoms in total. The smallest absolute Gasteiger partial charge is 0.323 e. The van der Waals surface area contributed by atoms with Crippen LogP contribution < -0.4 is 5.32 Å². The molecular weight excluding hydrogens is 200 g/mol. The number of likely N-dealkylation sites (tertiary alicyclic amines) is 1. The van der Waals surface area contributed by atoms with E-state index in [0.717, 1.165) is 44.8 Å². The molecule has 2 rings (SSSR count). The molecule has 91 valence electrons. The number of amides is 2. The lowest BCUT2D eigenvalue weighted by Gasteiger charge is -2.14. The summed E-state index contributed by atoms with van der Waals surface area (Å²) < 4.78 is 0. The molecule has 1 aliphatic heterocycles. The fraction of sp³-hybridized carbons (Fsp3) is 0.923. The third-order valence-corrected chi connectivity index (χ3v) is 3.87. The van der Waals surface area contributed by atoms with E-state index in [9.17, 15) is 4.79 Å². The molecule has 1 radical (unpaired) electrons. The van der Waals surface area contributed by atoms with Crippen LogP contribution >= 0.6 is 0 Å². The average Bonchev–Trinajstić information content (AvgIpc) is 2.96. The van der Waals surface area contributed by atoms with Crippen LogP contribution in [-0.2, 0) is 0 Å². The van der Waals surface area contributed by atoms with Gasteiger partial charge in [0.05, 0.1) is 0 Å². The number of urea groups is 1. The molecule has 0 unspecified atom stereocenters. The third-order valence-electron chi connectivity index (χ3n) is 3.87. The van der Waals surface area contributed by atoms with Crippen molar-refractivity contribution in [3.8, 4) is 0 Å². The Morgan fingerprint density at radius 2 is 1.81 bits per heavy atom. The summed E-state index contributed by atoms with van der Waals surface area (Å²) in [4.78, 5) is 13.5.